The van der Waals surface area contributed by atoms with Gasteiger partial charge in [-0.05, 0) is 30.2 Å². The van der Waals surface area contributed by atoms with E-state index in [-0.39, 0.29) is 30.4 Å². The van der Waals surface area contributed by atoms with E-state index in [1.807, 2.05) is 0 Å². The van der Waals surface area contributed by atoms with Gasteiger partial charge in [-0.2, -0.15) is 13.2 Å². The third kappa shape index (κ3) is 6.80. The highest BCUT2D eigenvalue weighted by molar-refractivity contribution is 5.76. The van der Waals surface area contributed by atoms with Crippen molar-refractivity contribution < 1.29 is 31.8 Å². The number of hydrogen-bond acceptors (Lipinski definition) is 3. The summed E-state index contributed by atoms with van der Waals surface area (Å²) in [6, 6.07) is 10.6. The van der Waals surface area contributed by atoms with E-state index in [1.54, 1.807) is 24.3 Å². The minimum atomic E-state index is -4.44. The molecule has 0 heterocycles. The van der Waals surface area contributed by atoms with E-state index in [0.717, 1.165) is 0 Å². The number of rotatable bonds is 8. The van der Waals surface area contributed by atoms with Gasteiger partial charge in [0, 0.05) is 18.5 Å². The lowest BCUT2D eigenvalue weighted by atomic mass is 10.1. The normalized spacial score (nSPS) is 11.1. The van der Waals surface area contributed by atoms with Gasteiger partial charge in [-0.15, -0.1) is 0 Å². The van der Waals surface area contributed by atoms with E-state index in [2.05, 4.69) is 5.32 Å². The van der Waals surface area contributed by atoms with E-state index in [1.165, 1.54) is 25.3 Å². The molecule has 0 aliphatic carbocycles. The van der Waals surface area contributed by atoms with E-state index in [9.17, 15) is 22.4 Å². The number of carbonyl (C=O) groups excluding carboxylic acids is 1. The Balaban J connectivity index is 1.87. The molecule has 0 radical (unpaired) electrons. The third-order valence-electron chi connectivity index (χ3n) is 3.69. The molecule has 0 saturated carbocycles. The topological polar surface area (TPSA) is 47.6 Å². The second-order valence-electron chi connectivity index (χ2n) is 5.76. The molecule has 0 bridgehead atoms. The molecule has 0 fully saturated rings. The molecule has 0 atom stereocenters. The molecule has 0 saturated heterocycles. The van der Waals surface area contributed by atoms with Crippen LogP contribution in [-0.4, -0.2) is 25.8 Å². The molecular weight excluding hydrogens is 366 g/mol. The summed E-state index contributed by atoms with van der Waals surface area (Å²) in [6.07, 6.45) is -3.96. The predicted molar refractivity (Wildman–Crippen MR) is 91.1 cm³/mol. The van der Waals surface area contributed by atoms with E-state index < -0.39 is 18.6 Å². The first-order valence-electron chi connectivity index (χ1n) is 8.15. The molecule has 0 aliphatic heterocycles. The second kappa shape index (κ2) is 9.25. The molecule has 2 aromatic rings. The van der Waals surface area contributed by atoms with Crippen LogP contribution in [0.3, 0.4) is 0 Å². The van der Waals surface area contributed by atoms with Crippen LogP contribution >= 0.6 is 0 Å². The van der Waals surface area contributed by atoms with E-state index >= 15 is 0 Å². The van der Waals surface area contributed by atoms with Gasteiger partial charge in [-0.25, -0.2) is 4.39 Å². The maximum atomic E-state index is 13.5. The maximum Gasteiger partial charge on any atom is 0.422 e. The van der Waals surface area contributed by atoms with Crippen LogP contribution in [0.2, 0.25) is 0 Å². The Morgan fingerprint density at radius 3 is 2.52 bits per heavy atom. The fourth-order valence-electron chi connectivity index (χ4n) is 2.33. The first-order chi connectivity index (χ1) is 12.8. The van der Waals surface area contributed by atoms with Crippen molar-refractivity contribution in [2.75, 3.05) is 13.7 Å². The SMILES string of the molecule is COc1cc(CCC(=O)NCc2ccccc2F)ccc1OCC(F)(F)F. The zero-order valence-electron chi connectivity index (χ0n) is 14.6. The molecule has 2 rings (SSSR count). The molecule has 0 unspecified atom stereocenters. The highest BCUT2D eigenvalue weighted by atomic mass is 19.4. The Labute approximate surface area is 154 Å². The van der Waals surface area contributed by atoms with Crippen molar-refractivity contribution in [3.8, 4) is 11.5 Å². The number of alkyl halides is 3. The molecule has 4 nitrogen and oxygen atoms in total. The number of amides is 1. The van der Waals surface area contributed by atoms with E-state index in [0.29, 0.717) is 17.5 Å². The Bertz CT molecular complexity index is 778. The molecule has 8 heteroatoms. The molecule has 146 valence electrons. The molecule has 0 aromatic heterocycles. The van der Waals surface area contributed by atoms with E-state index in [4.69, 9.17) is 9.47 Å². The summed E-state index contributed by atoms with van der Waals surface area (Å²) in [4.78, 5) is 11.9. The van der Waals surface area contributed by atoms with Gasteiger partial charge in [0.05, 0.1) is 7.11 Å². The summed E-state index contributed by atoms with van der Waals surface area (Å²) in [5.74, 6) is -0.530. The van der Waals surface area contributed by atoms with Crippen molar-refractivity contribution >= 4 is 5.91 Å². The summed E-state index contributed by atoms with van der Waals surface area (Å²) in [7, 11) is 1.32. The largest absolute Gasteiger partial charge is 0.493 e. The molecule has 0 aliphatic rings. The average Bonchev–Trinajstić information content (AvgIpc) is 2.63. The van der Waals surface area contributed by atoms with Crippen LogP contribution in [0.25, 0.3) is 0 Å². The number of methoxy groups -OCH3 is 1. The molecule has 1 N–H and O–H groups in total. The van der Waals surface area contributed by atoms with Crippen LogP contribution in [0.15, 0.2) is 42.5 Å². The van der Waals surface area contributed by atoms with Crippen LogP contribution in [0.1, 0.15) is 17.5 Å². The quantitative estimate of drug-likeness (QED) is 0.698. The second-order valence-corrected chi connectivity index (χ2v) is 5.76. The Kier molecular flexibility index (Phi) is 7.04. The molecule has 0 spiro atoms. The molecule has 2 aromatic carbocycles. The lowest BCUT2D eigenvalue weighted by molar-refractivity contribution is -0.153. The zero-order valence-corrected chi connectivity index (χ0v) is 14.6. The lowest BCUT2D eigenvalue weighted by Gasteiger charge is -2.13. The van der Waals surface area contributed by atoms with Crippen LogP contribution < -0.4 is 14.8 Å². The summed E-state index contributed by atoms with van der Waals surface area (Å²) < 4.78 is 60.0. The van der Waals surface area contributed by atoms with Gasteiger partial charge >= 0.3 is 6.18 Å². The number of carbonyl (C=O) groups is 1. The van der Waals surface area contributed by atoms with Crippen molar-refractivity contribution in [2.24, 2.45) is 0 Å². The van der Waals surface area contributed by atoms with Crippen molar-refractivity contribution in [3.63, 3.8) is 0 Å². The van der Waals surface area contributed by atoms with Gasteiger partial charge in [-0.3, -0.25) is 4.79 Å². The fraction of sp³-hybridized carbons (Fsp3) is 0.316. The lowest BCUT2D eigenvalue weighted by Crippen LogP contribution is -2.23. The van der Waals surface area contributed by atoms with Crippen LogP contribution in [-0.2, 0) is 17.8 Å². The predicted octanol–water partition coefficient (Wildman–Crippen LogP) is 4.02. The monoisotopic (exact) mass is 385 g/mol. The molecule has 1 amide bonds. The minimum absolute atomic E-state index is 0.0254. The summed E-state index contributed by atoms with van der Waals surface area (Å²) in [5, 5.41) is 2.63. The summed E-state index contributed by atoms with van der Waals surface area (Å²) in [5.41, 5.74) is 1.09. The summed E-state index contributed by atoms with van der Waals surface area (Å²) in [6.45, 7) is -1.33. The Morgan fingerprint density at radius 2 is 1.85 bits per heavy atom. The number of halogens is 4. The number of nitrogens with one attached hydrogen (secondary N) is 1. The van der Waals surface area contributed by atoms with Crippen LogP contribution in [0, 0.1) is 5.82 Å². The number of ether oxygens (including phenoxy) is 2. The van der Waals surface area contributed by atoms with Crippen LogP contribution in [0.4, 0.5) is 17.6 Å². The van der Waals surface area contributed by atoms with Gasteiger partial charge in [-0.1, -0.05) is 24.3 Å². The zero-order chi connectivity index (χ0) is 19.9. The first-order valence-corrected chi connectivity index (χ1v) is 8.15. The number of hydrogen-bond donors (Lipinski definition) is 1. The standard InChI is InChI=1S/C19H19F4NO3/c1-26-17-10-13(6-8-16(17)27-12-19(21,22)23)7-9-18(25)24-11-14-4-2-3-5-15(14)20/h2-6,8,10H,7,9,11-12H2,1H3,(H,24,25). The number of benzene rings is 2. The van der Waals surface area contributed by atoms with Gasteiger partial charge < -0.3 is 14.8 Å². The van der Waals surface area contributed by atoms with Gasteiger partial charge in [0.25, 0.3) is 0 Å². The highest BCUT2D eigenvalue weighted by Gasteiger charge is 2.29. The minimum Gasteiger partial charge on any atom is -0.493 e. The van der Waals surface area contributed by atoms with Crippen LogP contribution in [0.5, 0.6) is 11.5 Å². The Morgan fingerprint density at radius 1 is 1.11 bits per heavy atom. The highest BCUT2D eigenvalue weighted by Crippen LogP contribution is 2.30. The molecular formula is C19H19F4NO3. The van der Waals surface area contributed by atoms with Crippen molar-refractivity contribution in [2.45, 2.75) is 25.6 Å². The van der Waals surface area contributed by atoms with Gasteiger partial charge in [0.2, 0.25) is 5.91 Å². The van der Waals surface area contributed by atoms with Crippen molar-refractivity contribution in [1.29, 1.82) is 0 Å². The maximum absolute atomic E-state index is 13.5. The van der Waals surface area contributed by atoms with Crippen molar-refractivity contribution in [3.05, 3.63) is 59.4 Å². The van der Waals surface area contributed by atoms with Gasteiger partial charge in [0.1, 0.15) is 5.82 Å². The third-order valence-corrected chi connectivity index (χ3v) is 3.69. The first kappa shape index (κ1) is 20.5. The molecule has 27 heavy (non-hydrogen) atoms. The van der Waals surface area contributed by atoms with Gasteiger partial charge in [0.15, 0.2) is 18.1 Å². The number of aryl methyl sites for hydroxylation is 1. The summed E-state index contributed by atoms with van der Waals surface area (Å²) >= 11 is 0. The van der Waals surface area contributed by atoms with Crippen molar-refractivity contribution in [1.82, 2.24) is 5.32 Å². The fourth-order valence-corrected chi connectivity index (χ4v) is 2.33. The average molecular weight is 385 g/mol. The Hall–Kier alpha value is -2.77. The smallest absolute Gasteiger partial charge is 0.422 e.